The maximum atomic E-state index is 12.8. The summed E-state index contributed by atoms with van der Waals surface area (Å²) in [6, 6.07) is 17.4. The molecule has 4 rings (SSSR count). The Kier molecular flexibility index (Phi) is 6.68. The Morgan fingerprint density at radius 1 is 0.743 bits per heavy atom. The number of amides is 2. The first-order valence-corrected chi connectivity index (χ1v) is 10.5. The Morgan fingerprint density at radius 3 is 1.89 bits per heavy atom. The van der Waals surface area contributed by atoms with Crippen LogP contribution in [0.5, 0.6) is 17.2 Å². The number of rotatable bonds is 7. The number of hydrogen-bond donors (Lipinski definition) is 2. The third kappa shape index (κ3) is 4.93. The molecule has 1 aromatic heterocycles. The van der Waals surface area contributed by atoms with Crippen LogP contribution in [0.25, 0.3) is 11.0 Å². The summed E-state index contributed by atoms with van der Waals surface area (Å²) in [7, 11) is 4.41. The Hall–Kier alpha value is -4.79. The van der Waals surface area contributed by atoms with Crippen molar-refractivity contribution in [3.05, 3.63) is 88.3 Å². The van der Waals surface area contributed by atoms with Gasteiger partial charge in [0.15, 0.2) is 22.7 Å². The fourth-order valence-electron chi connectivity index (χ4n) is 3.46. The molecule has 0 atom stereocenters. The van der Waals surface area contributed by atoms with E-state index in [1.165, 1.54) is 21.3 Å². The molecule has 0 radical (unpaired) electrons. The number of nitrogens with one attached hydrogen (secondary N) is 2. The van der Waals surface area contributed by atoms with Gasteiger partial charge < -0.3 is 29.3 Å². The van der Waals surface area contributed by atoms with Gasteiger partial charge in [-0.15, -0.1) is 0 Å². The van der Waals surface area contributed by atoms with Gasteiger partial charge in [-0.3, -0.25) is 14.4 Å². The monoisotopic (exact) mass is 474 g/mol. The summed E-state index contributed by atoms with van der Waals surface area (Å²) >= 11 is 0. The van der Waals surface area contributed by atoms with Gasteiger partial charge in [0.2, 0.25) is 5.75 Å². The molecule has 0 aliphatic rings. The molecule has 9 heteroatoms. The van der Waals surface area contributed by atoms with E-state index in [2.05, 4.69) is 10.6 Å². The highest BCUT2D eigenvalue weighted by Gasteiger charge is 2.17. The van der Waals surface area contributed by atoms with Crippen LogP contribution < -0.4 is 30.3 Å². The van der Waals surface area contributed by atoms with E-state index >= 15 is 0 Å². The topological polar surface area (TPSA) is 116 Å². The normalized spacial score (nSPS) is 10.5. The SMILES string of the molecule is COc1cc(C(=O)Nc2ccc(NC(=O)c3cc(=O)c4ccccc4o3)cc2)cc(OC)c1OC. The second-order valence-corrected chi connectivity index (χ2v) is 7.37. The average molecular weight is 474 g/mol. The fourth-order valence-corrected chi connectivity index (χ4v) is 3.46. The van der Waals surface area contributed by atoms with Crippen molar-refractivity contribution < 1.29 is 28.2 Å². The number of methoxy groups -OCH3 is 3. The lowest BCUT2D eigenvalue weighted by atomic mass is 10.1. The third-order valence-corrected chi connectivity index (χ3v) is 5.19. The van der Waals surface area contributed by atoms with E-state index in [9.17, 15) is 14.4 Å². The highest BCUT2D eigenvalue weighted by Crippen LogP contribution is 2.38. The molecule has 0 saturated carbocycles. The average Bonchev–Trinajstić information content (AvgIpc) is 2.88. The van der Waals surface area contributed by atoms with Gasteiger partial charge in [-0.05, 0) is 48.5 Å². The number of para-hydroxylation sites is 1. The minimum absolute atomic E-state index is 0.103. The molecule has 9 nitrogen and oxygen atoms in total. The van der Waals surface area contributed by atoms with Gasteiger partial charge in [-0.1, -0.05) is 12.1 Å². The van der Waals surface area contributed by atoms with E-state index in [1.807, 2.05) is 0 Å². The van der Waals surface area contributed by atoms with E-state index in [0.29, 0.717) is 45.2 Å². The zero-order valence-electron chi connectivity index (χ0n) is 19.2. The van der Waals surface area contributed by atoms with Crippen LogP contribution in [-0.4, -0.2) is 33.1 Å². The summed E-state index contributed by atoms with van der Waals surface area (Å²) in [4.78, 5) is 37.6. The third-order valence-electron chi connectivity index (χ3n) is 5.19. The first-order chi connectivity index (χ1) is 16.9. The maximum absolute atomic E-state index is 12.8. The van der Waals surface area contributed by atoms with Crippen LogP contribution in [0.3, 0.4) is 0 Å². The summed E-state index contributed by atoms with van der Waals surface area (Å²) in [5.41, 5.74) is 1.29. The van der Waals surface area contributed by atoms with E-state index in [4.69, 9.17) is 18.6 Å². The predicted molar refractivity (Wildman–Crippen MR) is 131 cm³/mol. The summed E-state index contributed by atoms with van der Waals surface area (Å²) in [6.07, 6.45) is 0. The summed E-state index contributed by atoms with van der Waals surface area (Å²) in [5, 5.41) is 5.85. The molecule has 3 aromatic carbocycles. The van der Waals surface area contributed by atoms with Crippen molar-refractivity contribution in [2.75, 3.05) is 32.0 Å². The van der Waals surface area contributed by atoms with Gasteiger partial charge in [0, 0.05) is 23.0 Å². The number of ether oxygens (including phenoxy) is 3. The molecule has 0 unspecified atom stereocenters. The fraction of sp³-hybridized carbons (Fsp3) is 0.115. The van der Waals surface area contributed by atoms with E-state index in [-0.39, 0.29) is 17.1 Å². The summed E-state index contributed by atoms with van der Waals surface area (Å²) in [5.74, 6) is 0.0363. The lowest BCUT2D eigenvalue weighted by molar-refractivity contribution is 0.0995. The van der Waals surface area contributed by atoms with Crippen LogP contribution >= 0.6 is 0 Å². The van der Waals surface area contributed by atoms with Crippen LogP contribution in [0, 0.1) is 0 Å². The van der Waals surface area contributed by atoms with Crippen molar-refractivity contribution >= 4 is 34.2 Å². The Balaban J connectivity index is 1.47. The zero-order chi connectivity index (χ0) is 24.9. The number of carbonyl (C=O) groups is 2. The molecular weight excluding hydrogens is 452 g/mol. The molecule has 2 amide bonds. The van der Waals surface area contributed by atoms with Gasteiger partial charge >= 0.3 is 0 Å². The molecule has 0 aliphatic heterocycles. The predicted octanol–water partition coefficient (Wildman–Crippen LogP) is 4.32. The van der Waals surface area contributed by atoms with Crippen molar-refractivity contribution in [2.45, 2.75) is 0 Å². The minimum Gasteiger partial charge on any atom is -0.493 e. The molecule has 0 saturated heterocycles. The molecular formula is C26H22N2O7. The van der Waals surface area contributed by atoms with Crippen LogP contribution in [0.1, 0.15) is 20.9 Å². The first kappa shape index (κ1) is 23.4. The summed E-state index contributed by atoms with van der Waals surface area (Å²) < 4.78 is 21.4. The molecule has 0 bridgehead atoms. The quantitative estimate of drug-likeness (QED) is 0.410. The molecule has 4 aromatic rings. The number of fused-ring (bicyclic) bond motifs is 1. The number of hydrogen-bond acceptors (Lipinski definition) is 7. The van der Waals surface area contributed by atoms with E-state index in [1.54, 1.807) is 60.7 Å². The van der Waals surface area contributed by atoms with Gasteiger partial charge in [0.25, 0.3) is 11.8 Å². The van der Waals surface area contributed by atoms with Crippen LogP contribution in [0.4, 0.5) is 11.4 Å². The first-order valence-electron chi connectivity index (χ1n) is 10.5. The minimum atomic E-state index is -0.568. The van der Waals surface area contributed by atoms with Crippen LogP contribution in [0.2, 0.25) is 0 Å². The Labute approximate surface area is 200 Å². The highest BCUT2D eigenvalue weighted by atomic mass is 16.5. The number of benzene rings is 3. The lowest BCUT2D eigenvalue weighted by Gasteiger charge is -2.14. The molecule has 35 heavy (non-hydrogen) atoms. The smallest absolute Gasteiger partial charge is 0.291 e. The molecule has 2 N–H and O–H groups in total. The number of anilines is 2. The van der Waals surface area contributed by atoms with Crippen molar-refractivity contribution in [1.82, 2.24) is 0 Å². The second-order valence-electron chi connectivity index (χ2n) is 7.37. The highest BCUT2D eigenvalue weighted by molar-refractivity contribution is 6.06. The molecule has 0 aliphatic carbocycles. The van der Waals surface area contributed by atoms with Gasteiger partial charge in [-0.25, -0.2) is 0 Å². The van der Waals surface area contributed by atoms with Crippen molar-refractivity contribution in [1.29, 1.82) is 0 Å². The number of carbonyl (C=O) groups excluding carboxylic acids is 2. The zero-order valence-corrected chi connectivity index (χ0v) is 19.2. The Bertz CT molecular complexity index is 1430. The molecule has 0 spiro atoms. The molecule has 178 valence electrons. The lowest BCUT2D eigenvalue weighted by Crippen LogP contribution is -2.15. The standard InChI is InChI=1S/C26H22N2O7/c1-32-21-12-15(13-22(33-2)24(21)34-3)25(30)27-16-8-10-17(11-9-16)28-26(31)23-14-19(29)18-6-4-5-7-20(18)35-23/h4-14H,1-3H3,(H,27,30)(H,28,31). The maximum Gasteiger partial charge on any atom is 0.291 e. The molecule has 1 heterocycles. The summed E-state index contributed by atoms with van der Waals surface area (Å²) in [6.45, 7) is 0. The van der Waals surface area contributed by atoms with Crippen molar-refractivity contribution in [3.63, 3.8) is 0 Å². The van der Waals surface area contributed by atoms with Gasteiger partial charge in [-0.2, -0.15) is 0 Å². The van der Waals surface area contributed by atoms with Gasteiger partial charge in [0.1, 0.15) is 5.58 Å². The largest absolute Gasteiger partial charge is 0.493 e. The van der Waals surface area contributed by atoms with Crippen molar-refractivity contribution in [3.8, 4) is 17.2 Å². The van der Waals surface area contributed by atoms with E-state index in [0.717, 1.165) is 6.07 Å². The second kappa shape index (κ2) is 10.0. The van der Waals surface area contributed by atoms with Crippen molar-refractivity contribution in [2.24, 2.45) is 0 Å². The van der Waals surface area contributed by atoms with Crippen LogP contribution in [-0.2, 0) is 0 Å². The van der Waals surface area contributed by atoms with E-state index < -0.39 is 5.91 Å². The molecule has 0 fully saturated rings. The van der Waals surface area contributed by atoms with Crippen LogP contribution in [0.15, 0.2) is 75.9 Å². The van der Waals surface area contributed by atoms with Gasteiger partial charge in [0.05, 0.1) is 26.7 Å². The Morgan fingerprint density at radius 2 is 1.31 bits per heavy atom.